The Bertz CT molecular complexity index is 159. The summed E-state index contributed by atoms with van der Waals surface area (Å²) >= 11 is 0. The van der Waals surface area contributed by atoms with E-state index in [1.54, 1.807) is 0 Å². The van der Waals surface area contributed by atoms with Crippen LogP contribution < -0.4 is 0 Å². The Morgan fingerprint density at radius 2 is 1.50 bits per heavy atom. The van der Waals surface area contributed by atoms with Gasteiger partial charge in [0.15, 0.2) is 0 Å². The monoisotopic (exact) mass is 140 g/mol. The summed E-state index contributed by atoms with van der Waals surface area (Å²) in [5.74, 6) is 0. The normalized spacial score (nSPS) is 29.9. The van der Waals surface area contributed by atoms with Gasteiger partial charge >= 0.3 is 0 Å². The van der Waals surface area contributed by atoms with Crippen molar-refractivity contribution < 1.29 is 5.11 Å². The molecule has 1 aliphatic carbocycles. The molecule has 0 unspecified atom stereocenters. The van der Waals surface area contributed by atoms with E-state index in [0.717, 1.165) is 5.57 Å². The first-order valence-corrected chi connectivity index (χ1v) is 3.69. The van der Waals surface area contributed by atoms with E-state index in [9.17, 15) is 5.11 Å². The average molecular weight is 140 g/mol. The highest BCUT2D eigenvalue weighted by Gasteiger charge is 2.55. The van der Waals surface area contributed by atoms with Gasteiger partial charge in [-0.3, -0.25) is 0 Å². The second kappa shape index (κ2) is 1.65. The molecule has 1 heteroatoms. The molecular weight excluding hydrogens is 124 g/mol. The second-order valence-electron chi connectivity index (χ2n) is 4.32. The smallest absolute Gasteiger partial charge is 0.0716 e. The predicted molar refractivity (Wildman–Crippen MR) is 42.7 cm³/mol. The van der Waals surface area contributed by atoms with Crippen LogP contribution in [-0.2, 0) is 0 Å². The molecular formula is C9H16O. The van der Waals surface area contributed by atoms with Crippen LogP contribution in [0.1, 0.15) is 27.7 Å². The van der Waals surface area contributed by atoms with E-state index < -0.39 is 0 Å². The minimum absolute atomic E-state index is 0.0660. The third-order valence-electron chi connectivity index (χ3n) is 2.92. The quantitative estimate of drug-likeness (QED) is 0.510. The van der Waals surface area contributed by atoms with Crippen molar-refractivity contribution in [2.45, 2.75) is 33.8 Å². The van der Waals surface area contributed by atoms with Gasteiger partial charge in [-0.05, 0) is 0 Å². The summed E-state index contributed by atoms with van der Waals surface area (Å²) < 4.78 is 0. The van der Waals surface area contributed by atoms with Gasteiger partial charge in [0.1, 0.15) is 0 Å². The highest BCUT2D eigenvalue weighted by atomic mass is 16.3. The number of aliphatic hydroxyl groups is 1. The third-order valence-corrected chi connectivity index (χ3v) is 2.92. The van der Waals surface area contributed by atoms with Gasteiger partial charge in [-0.25, -0.2) is 0 Å². The number of rotatable bonds is 0. The van der Waals surface area contributed by atoms with Crippen molar-refractivity contribution in [3.8, 4) is 0 Å². The molecule has 0 aromatic heterocycles. The first kappa shape index (κ1) is 7.80. The van der Waals surface area contributed by atoms with Gasteiger partial charge in [-0.15, -0.1) is 0 Å². The Hall–Kier alpha value is -0.300. The summed E-state index contributed by atoms with van der Waals surface area (Å²) in [6.45, 7) is 12.1. The van der Waals surface area contributed by atoms with Gasteiger partial charge in [0.2, 0.25) is 0 Å². The molecule has 1 fully saturated rings. The zero-order valence-electron chi connectivity index (χ0n) is 7.23. The summed E-state index contributed by atoms with van der Waals surface area (Å²) in [4.78, 5) is 0. The predicted octanol–water partition coefficient (Wildman–Crippen LogP) is 1.97. The van der Waals surface area contributed by atoms with Crippen molar-refractivity contribution in [1.82, 2.24) is 0 Å². The lowest BCUT2D eigenvalue weighted by Gasteiger charge is -2.57. The van der Waals surface area contributed by atoms with E-state index in [-0.39, 0.29) is 16.9 Å². The minimum Gasteiger partial charge on any atom is -0.391 e. The fourth-order valence-electron chi connectivity index (χ4n) is 1.98. The van der Waals surface area contributed by atoms with Crippen LogP contribution in [-0.4, -0.2) is 11.2 Å². The molecule has 1 nitrogen and oxygen atoms in total. The molecule has 1 rings (SSSR count). The number of hydrogen-bond donors (Lipinski definition) is 1. The molecule has 0 heterocycles. The molecule has 0 aliphatic heterocycles. The summed E-state index contributed by atoms with van der Waals surface area (Å²) in [6, 6.07) is 0. The topological polar surface area (TPSA) is 20.2 Å². The maximum absolute atomic E-state index is 9.61. The Labute approximate surface area is 62.8 Å². The molecule has 58 valence electrons. The lowest BCUT2D eigenvalue weighted by molar-refractivity contribution is -0.0834. The second-order valence-corrected chi connectivity index (χ2v) is 4.32. The highest BCUT2D eigenvalue weighted by molar-refractivity contribution is 5.31. The molecule has 0 bridgehead atoms. The maximum Gasteiger partial charge on any atom is 0.0716 e. The van der Waals surface area contributed by atoms with Gasteiger partial charge in [-0.2, -0.15) is 0 Å². The van der Waals surface area contributed by atoms with E-state index in [1.165, 1.54) is 0 Å². The van der Waals surface area contributed by atoms with Gasteiger partial charge in [0.05, 0.1) is 6.10 Å². The van der Waals surface area contributed by atoms with Crippen molar-refractivity contribution in [1.29, 1.82) is 0 Å². The summed E-state index contributed by atoms with van der Waals surface area (Å²) in [5.41, 5.74) is 1.03. The lowest BCUT2D eigenvalue weighted by Crippen LogP contribution is -2.56. The Morgan fingerprint density at radius 1 is 1.20 bits per heavy atom. The Kier molecular flexibility index (Phi) is 1.28. The molecule has 1 N–H and O–H groups in total. The summed E-state index contributed by atoms with van der Waals surface area (Å²) in [5, 5.41) is 9.61. The summed E-state index contributed by atoms with van der Waals surface area (Å²) in [7, 11) is 0. The number of aliphatic hydroxyl groups excluding tert-OH is 1. The SMILES string of the molecule is C=C1C(C)(C)C(O)C1(C)C. The highest BCUT2D eigenvalue weighted by Crippen LogP contribution is 2.57. The van der Waals surface area contributed by atoms with Crippen LogP contribution in [0.2, 0.25) is 0 Å². The van der Waals surface area contributed by atoms with E-state index >= 15 is 0 Å². The largest absolute Gasteiger partial charge is 0.391 e. The lowest BCUT2D eigenvalue weighted by atomic mass is 9.50. The van der Waals surface area contributed by atoms with Crippen molar-refractivity contribution >= 4 is 0 Å². The van der Waals surface area contributed by atoms with Gasteiger partial charge in [0, 0.05) is 10.8 Å². The molecule has 1 saturated carbocycles. The van der Waals surface area contributed by atoms with E-state index in [2.05, 4.69) is 6.58 Å². The van der Waals surface area contributed by atoms with Crippen LogP contribution in [0.15, 0.2) is 12.2 Å². The van der Waals surface area contributed by atoms with Crippen molar-refractivity contribution in [3.05, 3.63) is 12.2 Å². The van der Waals surface area contributed by atoms with Crippen LogP contribution in [0, 0.1) is 10.8 Å². The van der Waals surface area contributed by atoms with Crippen LogP contribution in [0.3, 0.4) is 0 Å². The molecule has 1 aliphatic rings. The van der Waals surface area contributed by atoms with Crippen molar-refractivity contribution in [2.75, 3.05) is 0 Å². The molecule has 0 aromatic carbocycles. The average Bonchev–Trinajstić information content (AvgIpc) is 1.84. The van der Waals surface area contributed by atoms with Crippen molar-refractivity contribution in [3.63, 3.8) is 0 Å². The zero-order chi connectivity index (χ0) is 8.15. The van der Waals surface area contributed by atoms with Crippen molar-refractivity contribution in [2.24, 2.45) is 10.8 Å². The van der Waals surface area contributed by atoms with E-state index in [1.807, 2.05) is 27.7 Å². The van der Waals surface area contributed by atoms with E-state index in [0.29, 0.717) is 0 Å². The first-order valence-electron chi connectivity index (χ1n) is 3.69. The molecule has 0 atom stereocenters. The molecule has 10 heavy (non-hydrogen) atoms. The minimum atomic E-state index is -0.229. The summed E-state index contributed by atoms with van der Waals surface area (Å²) in [6.07, 6.45) is -0.229. The maximum atomic E-state index is 9.61. The third kappa shape index (κ3) is 0.615. The zero-order valence-corrected chi connectivity index (χ0v) is 7.23. The van der Waals surface area contributed by atoms with Gasteiger partial charge in [0.25, 0.3) is 0 Å². The van der Waals surface area contributed by atoms with Crippen LogP contribution >= 0.6 is 0 Å². The molecule has 0 spiro atoms. The fraction of sp³-hybridized carbons (Fsp3) is 0.778. The van der Waals surface area contributed by atoms with Crippen LogP contribution in [0.4, 0.5) is 0 Å². The first-order chi connectivity index (χ1) is 4.31. The fourth-order valence-corrected chi connectivity index (χ4v) is 1.98. The molecule has 0 amide bonds. The Balaban J connectivity index is 2.89. The standard InChI is InChI=1S/C9H16O/c1-6-8(2,3)7(10)9(6,4)5/h7,10H,1H2,2-5H3. The van der Waals surface area contributed by atoms with Gasteiger partial charge < -0.3 is 5.11 Å². The molecule has 0 saturated heterocycles. The molecule has 0 aromatic rings. The van der Waals surface area contributed by atoms with Crippen LogP contribution in [0.25, 0.3) is 0 Å². The van der Waals surface area contributed by atoms with E-state index in [4.69, 9.17) is 0 Å². The Morgan fingerprint density at radius 3 is 1.60 bits per heavy atom. The number of hydrogen-bond acceptors (Lipinski definition) is 1. The molecule has 0 radical (unpaired) electrons. The van der Waals surface area contributed by atoms with Gasteiger partial charge in [-0.1, -0.05) is 39.8 Å². The van der Waals surface area contributed by atoms with Crippen LogP contribution in [0.5, 0.6) is 0 Å².